The fraction of sp³-hybridized carbons (Fsp3) is 0.444. The standard InChI is InChI=1S/C18H23N5O2/c1-13-3-4-16(23-11-20-21-12-23)15(9-13)18(25)22-7-5-14(6-8-22)10-17(24)19-2/h3-4,9,11-12,14H,5-8,10H2,1-2H3,(H,19,24). The molecule has 0 bridgehead atoms. The second-order valence-corrected chi connectivity index (χ2v) is 6.50. The molecule has 1 saturated heterocycles. The topological polar surface area (TPSA) is 80.1 Å². The fourth-order valence-corrected chi connectivity index (χ4v) is 3.25. The number of aryl methyl sites for hydroxylation is 1. The smallest absolute Gasteiger partial charge is 0.255 e. The molecular formula is C18H23N5O2. The van der Waals surface area contributed by atoms with Gasteiger partial charge in [0, 0.05) is 26.6 Å². The minimum atomic E-state index is 0.0193. The number of amides is 2. The molecule has 25 heavy (non-hydrogen) atoms. The average molecular weight is 341 g/mol. The van der Waals surface area contributed by atoms with Crippen molar-refractivity contribution < 1.29 is 9.59 Å². The maximum absolute atomic E-state index is 13.0. The Morgan fingerprint density at radius 3 is 2.52 bits per heavy atom. The number of aromatic nitrogens is 3. The maximum Gasteiger partial charge on any atom is 0.255 e. The van der Waals surface area contributed by atoms with Crippen LogP contribution < -0.4 is 5.32 Å². The van der Waals surface area contributed by atoms with Crippen LogP contribution in [0.1, 0.15) is 35.2 Å². The summed E-state index contributed by atoms with van der Waals surface area (Å²) in [5.41, 5.74) is 2.48. The van der Waals surface area contributed by atoms with Gasteiger partial charge in [-0.25, -0.2) is 0 Å². The first kappa shape index (κ1) is 17.1. The van der Waals surface area contributed by atoms with Crippen molar-refractivity contribution in [2.45, 2.75) is 26.2 Å². The van der Waals surface area contributed by atoms with Gasteiger partial charge in [-0.3, -0.25) is 14.2 Å². The van der Waals surface area contributed by atoms with Gasteiger partial charge < -0.3 is 10.2 Å². The summed E-state index contributed by atoms with van der Waals surface area (Å²) >= 11 is 0. The number of piperidine rings is 1. The van der Waals surface area contributed by atoms with Gasteiger partial charge in [0.2, 0.25) is 5.91 Å². The molecule has 1 aromatic carbocycles. The van der Waals surface area contributed by atoms with Crippen LogP contribution in [-0.2, 0) is 4.79 Å². The highest BCUT2D eigenvalue weighted by Crippen LogP contribution is 2.24. The predicted molar refractivity (Wildman–Crippen MR) is 93.4 cm³/mol. The number of carbonyl (C=O) groups excluding carboxylic acids is 2. The molecule has 3 rings (SSSR count). The Kier molecular flexibility index (Phi) is 5.11. The van der Waals surface area contributed by atoms with Gasteiger partial charge in [-0.1, -0.05) is 11.6 Å². The van der Waals surface area contributed by atoms with Crippen molar-refractivity contribution in [3.63, 3.8) is 0 Å². The molecule has 0 atom stereocenters. The van der Waals surface area contributed by atoms with Gasteiger partial charge >= 0.3 is 0 Å². The van der Waals surface area contributed by atoms with Crippen molar-refractivity contribution in [3.05, 3.63) is 42.0 Å². The molecule has 7 heteroatoms. The number of benzene rings is 1. The van der Waals surface area contributed by atoms with E-state index >= 15 is 0 Å². The summed E-state index contributed by atoms with van der Waals surface area (Å²) in [6.07, 6.45) is 5.43. The molecule has 0 saturated carbocycles. The van der Waals surface area contributed by atoms with Crippen molar-refractivity contribution in [2.24, 2.45) is 5.92 Å². The van der Waals surface area contributed by atoms with E-state index in [1.165, 1.54) is 0 Å². The lowest BCUT2D eigenvalue weighted by atomic mass is 9.92. The zero-order valence-corrected chi connectivity index (χ0v) is 14.6. The summed E-state index contributed by atoms with van der Waals surface area (Å²) in [7, 11) is 1.66. The van der Waals surface area contributed by atoms with E-state index in [1.54, 1.807) is 24.3 Å². The number of nitrogens with one attached hydrogen (secondary N) is 1. The summed E-state index contributed by atoms with van der Waals surface area (Å²) in [6.45, 7) is 3.33. The van der Waals surface area contributed by atoms with Gasteiger partial charge in [0.05, 0.1) is 11.3 Å². The highest BCUT2D eigenvalue weighted by molar-refractivity contribution is 5.98. The van der Waals surface area contributed by atoms with Crippen molar-refractivity contribution in [2.75, 3.05) is 20.1 Å². The molecule has 1 aliphatic heterocycles. The van der Waals surface area contributed by atoms with Crippen LogP contribution in [0.2, 0.25) is 0 Å². The van der Waals surface area contributed by atoms with Gasteiger partial charge in [-0.05, 0) is 37.8 Å². The van der Waals surface area contributed by atoms with Crippen molar-refractivity contribution in [1.29, 1.82) is 0 Å². The number of nitrogens with zero attached hydrogens (tertiary/aromatic N) is 4. The van der Waals surface area contributed by atoms with E-state index in [4.69, 9.17) is 0 Å². The summed E-state index contributed by atoms with van der Waals surface area (Å²) in [5.74, 6) is 0.433. The number of hydrogen-bond acceptors (Lipinski definition) is 4. The lowest BCUT2D eigenvalue weighted by molar-refractivity contribution is -0.121. The van der Waals surface area contributed by atoms with Crippen molar-refractivity contribution >= 4 is 11.8 Å². The summed E-state index contributed by atoms with van der Waals surface area (Å²) in [6, 6.07) is 5.81. The van der Waals surface area contributed by atoms with Crippen LogP contribution in [0.3, 0.4) is 0 Å². The normalized spacial score (nSPS) is 15.2. The first-order chi connectivity index (χ1) is 12.1. The maximum atomic E-state index is 13.0. The number of likely N-dealkylation sites (tertiary alicyclic amines) is 1. The van der Waals surface area contributed by atoms with E-state index in [9.17, 15) is 9.59 Å². The molecule has 2 amide bonds. The van der Waals surface area contributed by atoms with E-state index in [1.807, 2.05) is 30.0 Å². The van der Waals surface area contributed by atoms with Crippen LogP contribution in [0.4, 0.5) is 0 Å². The van der Waals surface area contributed by atoms with E-state index in [0.717, 1.165) is 24.1 Å². The lowest BCUT2D eigenvalue weighted by Gasteiger charge is -2.32. The Balaban J connectivity index is 1.74. The van der Waals surface area contributed by atoms with Gasteiger partial charge in [-0.2, -0.15) is 0 Å². The summed E-state index contributed by atoms with van der Waals surface area (Å²) in [5, 5.41) is 10.3. The predicted octanol–water partition coefficient (Wildman–Crippen LogP) is 1.56. The van der Waals surface area contributed by atoms with Crippen LogP contribution in [0.25, 0.3) is 5.69 Å². The molecule has 132 valence electrons. The summed E-state index contributed by atoms with van der Waals surface area (Å²) in [4.78, 5) is 26.4. The zero-order chi connectivity index (χ0) is 17.8. The van der Waals surface area contributed by atoms with Crippen LogP contribution in [-0.4, -0.2) is 51.6 Å². The molecule has 0 unspecified atom stereocenters. The van der Waals surface area contributed by atoms with Gasteiger partial charge in [0.1, 0.15) is 12.7 Å². The molecular weight excluding hydrogens is 318 g/mol. The lowest BCUT2D eigenvalue weighted by Crippen LogP contribution is -2.39. The molecule has 1 aliphatic rings. The molecule has 0 radical (unpaired) electrons. The van der Waals surface area contributed by atoms with Gasteiger partial charge in [-0.15, -0.1) is 10.2 Å². The third kappa shape index (κ3) is 3.87. The van der Waals surface area contributed by atoms with E-state index < -0.39 is 0 Å². The Labute approximate surface area is 147 Å². The first-order valence-electron chi connectivity index (χ1n) is 8.54. The molecule has 1 aromatic heterocycles. The summed E-state index contributed by atoms with van der Waals surface area (Å²) < 4.78 is 1.75. The van der Waals surface area contributed by atoms with Gasteiger partial charge in [0.15, 0.2) is 0 Å². The third-order valence-electron chi connectivity index (χ3n) is 4.73. The minimum absolute atomic E-state index is 0.0193. The molecule has 0 aliphatic carbocycles. The van der Waals surface area contributed by atoms with E-state index in [-0.39, 0.29) is 11.8 Å². The average Bonchev–Trinajstić information content (AvgIpc) is 3.16. The molecule has 2 heterocycles. The van der Waals surface area contributed by atoms with Crippen LogP contribution in [0, 0.1) is 12.8 Å². The molecule has 1 fully saturated rings. The van der Waals surface area contributed by atoms with Gasteiger partial charge in [0.25, 0.3) is 5.91 Å². The number of rotatable bonds is 4. The monoisotopic (exact) mass is 341 g/mol. The van der Waals surface area contributed by atoms with Crippen LogP contribution in [0.5, 0.6) is 0 Å². The third-order valence-corrected chi connectivity index (χ3v) is 4.73. The number of hydrogen-bond donors (Lipinski definition) is 1. The molecule has 0 spiro atoms. The Hall–Kier alpha value is -2.70. The second kappa shape index (κ2) is 7.46. The largest absolute Gasteiger partial charge is 0.359 e. The molecule has 7 nitrogen and oxygen atoms in total. The quantitative estimate of drug-likeness (QED) is 0.915. The molecule has 1 N–H and O–H groups in total. The van der Waals surface area contributed by atoms with E-state index in [0.29, 0.717) is 31.0 Å². The molecule has 2 aromatic rings. The van der Waals surface area contributed by atoms with E-state index in [2.05, 4.69) is 15.5 Å². The highest BCUT2D eigenvalue weighted by atomic mass is 16.2. The number of carbonyl (C=O) groups is 2. The minimum Gasteiger partial charge on any atom is -0.359 e. The Morgan fingerprint density at radius 2 is 1.88 bits per heavy atom. The van der Waals surface area contributed by atoms with Crippen molar-refractivity contribution in [3.8, 4) is 5.69 Å². The zero-order valence-electron chi connectivity index (χ0n) is 14.6. The van der Waals surface area contributed by atoms with Crippen molar-refractivity contribution in [1.82, 2.24) is 25.0 Å². The SMILES string of the molecule is CNC(=O)CC1CCN(C(=O)c2cc(C)ccc2-n2cnnc2)CC1. The highest BCUT2D eigenvalue weighted by Gasteiger charge is 2.26. The Morgan fingerprint density at radius 1 is 1.20 bits per heavy atom. The van der Waals surface area contributed by atoms with Crippen LogP contribution in [0.15, 0.2) is 30.9 Å². The van der Waals surface area contributed by atoms with Crippen LogP contribution >= 0.6 is 0 Å². The first-order valence-corrected chi connectivity index (χ1v) is 8.54. The Bertz CT molecular complexity index is 749. The fourth-order valence-electron chi connectivity index (χ4n) is 3.25. The second-order valence-electron chi connectivity index (χ2n) is 6.50.